The first-order valence-corrected chi connectivity index (χ1v) is 6.15. The summed E-state index contributed by atoms with van der Waals surface area (Å²) in [4.78, 5) is 12.1. The molecule has 0 aliphatic carbocycles. The van der Waals surface area contributed by atoms with Crippen molar-refractivity contribution in [3.8, 4) is 0 Å². The predicted molar refractivity (Wildman–Crippen MR) is 68.9 cm³/mol. The first-order valence-electron chi connectivity index (χ1n) is 6.15. The average Bonchev–Trinajstić information content (AvgIpc) is 2.17. The second-order valence-electron chi connectivity index (χ2n) is 4.84. The van der Waals surface area contributed by atoms with E-state index < -0.39 is 0 Å². The van der Waals surface area contributed by atoms with Crippen molar-refractivity contribution in [1.82, 2.24) is 0 Å². The zero-order valence-corrected chi connectivity index (χ0v) is 10.8. The van der Waals surface area contributed by atoms with E-state index in [2.05, 4.69) is 26.8 Å². The van der Waals surface area contributed by atoms with Gasteiger partial charge in [-0.15, -0.1) is 0 Å². The van der Waals surface area contributed by atoms with Crippen LogP contribution in [-0.2, 0) is 0 Å². The van der Waals surface area contributed by atoms with Gasteiger partial charge in [0.1, 0.15) is 0 Å². The maximum absolute atomic E-state index is 12.1. The molecule has 1 unspecified atom stereocenters. The molecule has 0 heterocycles. The maximum atomic E-state index is 12.1. The number of ketones is 1. The molecule has 16 heavy (non-hydrogen) atoms. The Bertz CT molecular complexity index is 366. The number of benzene rings is 1. The van der Waals surface area contributed by atoms with Gasteiger partial charge in [-0.1, -0.05) is 50.5 Å². The summed E-state index contributed by atoms with van der Waals surface area (Å²) in [7, 11) is 0. The zero-order chi connectivity index (χ0) is 12.1. The van der Waals surface area contributed by atoms with Crippen molar-refractivity contribution in [1.29, 1.82) is 0 Å². The smallest absolute Gasteiger partial charge is 0.163 e. The third kappa shape index (κ3) is 3.48. The van der Waals surface area contributed by atoms with E-state index in [1.54, 1.807) is 0 Å². The van der Waals surface area contributed by atoms with Gasteiger partial charge in [-0.25, -0.2) is 0 Å². The van der Waals surface area contributed by atoms with E-state index in [4.69, 9.17) is 0 Å². The lowest BCUT2D eigenvalue weighted by molar-refractivity contribution is 0.0962. The third-order valence-corrected chi connectivity index (χ3v) is 3.00. The monoisotopic (exact) mass is 218 g/mol. The van der Waals surface area contributed by atoms with Crippen LogP contribution < -0.4 is 0 Å². The summed E-state index contributed by atoms with van der Waals surface area (Å²) >= 11 is 0. The number of carbonyl (C=O) groups is 1. The number of hydrogen-bond donors (Lipinski definition) is 0. The first kappa shape index (κ1) is 13.0. The van der Waals surface area contributed by atoms with Crippen molar-refractivity contribution in [2.24, 2.45) is 5.92 Å². The molecule has 0 radical (unpaired) electrons. The van der Waals surface area contributed by atoms with Crippen LogP contribution in [0, 0.1) is 19.8 Å². The van der Waals surface area contributed by atoms with Gasteiger partial charge in [0.05, 0.1) is 0 Å². The van der Waals surface area contributed by atoms with Gasteiger partial charge in [0.15, 0.2) is 5.78 Å². The van der Waals surface area contributed by atoms with Gasteiger partial charge >= 0.3 is 0 Å². The van der Waals surface area contributed by atoms with Crippen LogP contribution in [0.1, 0.15) is 54.6 Å². The van der Waals surface area contributed by atoms with Gasteiger partial charge in [-0.2, -0.15) is 0 Å². The molecule has 0 spiro atoms. The minimum absolute atomic E-state index is 0.290. The minimum atomic E-state index is 0.290. The fourth-order valence-electron chi connectivity index (χ4n) is 2.15. The molecule has 1 aromatic rings. The van der Waals surface area contributed by atoms with E-state index in [-0.39, 0.29) is 0 Å². The SMILES string of the molecule is CCCC(C)CC(=O)c1ccc(C)cc1C. The van der Waals surface area contributed by atoms with Crippen molar-refractivity contribution in [3.05, 3.63) is 34.9 Å². The lowest BCUT2D eigenvalue weighted by atomic mass is 9.93. The van der Waals surface area contributed by atoms with Crippen LogP contribution in [0.15, 0.2) is 18.2 Å². The maximum Gasteiger partial charge on any atom is 0.163 e. The number of Topliss-reactive ketones (excluding diaryl/α,β-unsaturated/α-hetero) is 1. The van der Waals surface area contributed by atoms with Crippen LogP contribution in [0.5, 0.6) is 0 Å². The number of aryl methyl sites for hydroxylation is 2. The Morgan fingerprint density at radius 3 is 2.56 bits per heavy atom. The summed E-state index contributed by atoms with van der Waals surface area (Å²) in [6.45, 7) is 8.40. The molecule has 0 saturated heterocycles. The van der Waals surface area contributed by atoms with Gasteiger partial charge in [-0.05, 0) is 25.3 Å². The zero-order valence-electron chi connectivity index (χ0n) is 10.8. The first-order chi connectivity index (χ1) is 7.54. The molecule has 0 fully saturated rings. The Hall–Kier alpha value is -1.11. The Morgan fingerprint density at radius 1 is 1.31 bits per heavy atom. The highest BCUT2D eigenvalue weighted by molar-refractivity contribution is 5.97. The molecule has 0 saturated carbocycles. The van der Waals surface area contributed by atoms with E-state index >= 15 is 0 Å². The van der Waals surface area contributed by atoms with Crippen LogP contribution in [-0.4, -0.2) is 5.78 Å². The van der Waals surface area contributed by atoms with Gasteiger partial charge < -0.3 is 0 Å². The van der Waals surface area contributed by atoms with Crippen LogP contribution in [0.4, 0.5) is 0 Å². The molecule has 1 nitrogen and oxygen atoms in total. The van der Waals surface area contributed by atoms with Gasteiger partial charge in [-0.3, -0.25) is 4.79 Å². The fraction of sp³-hybridized carbons (Fsp3) is 0.533. The summed E-state index contributed by atoms with van der Waals surface area (Å²) in [6.07, 6.45) is 2.97. The Balaban J connectivity index is 2.73. The van der Waals surface area contributed by atoms with E-state index in [0.717, 1.165) is 24.0 Å². The molecule has 0 aliphatic rings. The van der Waals surface area contributed by atoms with Crippen molar-refractivity contribution >= 4 is 5.78 Å². The van der Waals surface area contributed by atoms with Gasteiger partial charge in [0, 0.05) is 12.0 Å². The minimum Gasteiger partial charge on any atom is -0.294 e. The number of rotatable bonds is 5. The van der Waals surface area contributed by atoms with Crippen molar-refractivity contribution in [3.63, 3.8) is 0 Å². The average molecular weight is 218 g/mol. The molecule has 0 N–H and O–H groups in total. The van der Waals surface area contributed by atoms with E-state index in [1.165, 1.54) is 5.56 Å². The highest BCUT2D eigenvalue weighted by Gasteiger charge is 2.12. The number of carbonyl (C=O) groups excluding carboxylic acids is 1. The molecule has 1 rings (SSSR count). The summed E-state index contributed by atoms with van der Waals surface area (Å²) in [5, 5.41) is 0. The Labute approximate surface area is 98.9 Å². The molecule has 1 atom stereocenters. The summed E-state index contributed by atoms with van der Waals surface area (Å²) in [6, 6.07) is 6.06. The topological polar surface area (TPSA) is 17.1 Å². The van der Waals surface area contributed by atoms with Gasteiger partial charge in [0.2, 0.25) is 0 Å². The van der Waals surface area contributed by atoms with Crippen LogP contribution in [0.3, 0.4) is 0 Å². The third-order valence-electron chi connectivity index (χ3n) is 3.00. The molecular weight excluding hydrogens is 196 g/mol. The van der Waals surface area contributed by atoms with Gasteiger partial charge in [0.25, 0.3) is 0 Å². The van der Waals surface area contributed by atoms with Crippen molar-refractivity contribution in [2.75, 3.05) is 0 Å². The predicted octanol–water partition coefficient (Wildman–Crippen LogP) is 4.31. The fourth-order valence-corrected chi connectivity index (χ4v) is 2.15. The van der Waals surface area contributed by atoms with Crippen molar-refractivity contribution < 1.29 is 4.79 Å². The van der Waals surface area contributed by atoms with Crippen LogP contribution in [0.25, 0.3) is 0 Å². The molecule has 1 aromatic carbocycles. The Kier molecular flexibility index (Phi) is 4.72. The quantitative estimate of drug-likeness (QED) is 0.673. The highest BCUT2D eigenvalue weighted by Crippen LogP contribution is 2.17. The molecule has 0 aromatic heterocycles. The molecular formula is C15H22O. The normalized spacial score (nSPS) is 12.5. The highest BCUT2D eigenvalue weighted by atomic mass is 16.1. The van der Waals surface area contributed by atoms with E-state index in [9.17, 15) is 4.79 Å². The molecule has 1 heteroatoms. The summed E-state index contributed by atoms with van der Waals surface area (Å²) in [5.74, 6) is 0.789. The molecule has 0 aliphatic heterocycles. The largest absolute Gasteiger partial charge is 0.294 e. The van der Waals surface area contributed by atoms with Crippen LogP contribution >= 0.6 is 0 Å². The molecule has 88 valence electrons. The second kappa shape index (κ2) is 5.83. The number of hydrogen-bond acceptors (Lipinski definition) is 1. The molecule has 0 amide bonds. The van der Waals surface area contributed by atoms with Crippen molar-refractivity contribution in [2.45, 2.75) is 47.0 Å². The standard InChI is InChI=1S/C15H22O/c1-5-6-11(2)10-15(16)14-8-7-12(3)9-13(14)4/h7-9,11H,5-6,10H2,1-4H3. The van der Waals surface area contributed by atoms with Crippen LogP contribution in [0.2, 0.25) is 0 Å². The lowest BCUT2D eigenvalue weighted by Crippen LogP contribution is -2.07. The molecule has 0 bridgehead atoms. The lowest BCUT2D eigenvalue weighted by Gasteiger charge is -2.10. The summed E-state index contributed by atoms with van der Waals surface area (Å²) < 4.78 is 0. The summed E-state index contributed by atoms with van der Waals surface area (Å²) in [5.41, 5.74) is 3.22. The van der Waals surface area contributed by atoms with E-state index in [0.29, 0.717) is 18.1 Å². The second-order valence-corrected chi connectivity index (χ2v) is 4.84. The Morgan fingerprint density at radius 2 is 2.00 bits per heavy atom. The van der Waals surface area contributed by atoms with E-state index in [1.807, 2.05) is 19.1 Å².